The Balaban J connectivity index is 1.80. The predicted octanol–water partition coefficient (Wildman–Crippen LogP) is 3.63. The highest BCUT2D eigenvalue weighted by Gasteiger charge is 2.21. The molecule has 4 heteroatoms. The molecule has 0 saturated heterocycles. The summed E-state index contributed by atoms with van der Waals surface area (Å²) in [5.41, 5.74) is 5.58. The van der Waals surface area contributed by atoms with E-state index in [1.807, 2.05) is 19.2 Å². The van der Waals surface area contributed by atoms with Crippen LogP contribution < -0.4 is 10.9 Å². The van der Waals surface area contributed by atoms with Crippen LogP contribution in [0.15, 0.2) is 53.2 Å². The molecule has 0 saturated carbocycles. The lowest BCUT2D eigenvalue weighted by Gasteiger charge is -2.31. The number of aryl methyl sites for hydroxylation is 2. The van der Waals surface area contributed by atoms with Gasteiger partial charge in [0.1, 0.15) is 0 Å². The molecule has 0 radical (unpaired) electrons. The largest absolute Gasteiger partial charge is 0.378 e. The molecular formula is C21H27N3O. The van der Waals surface area contributed by atoms with E-state index in [-0.39, 0.29) is 5.56 Å². The van der Waals surface area contributed by atoms with E-state index in [1.54, 1.807) is 11.6 Å². The first kappa shape index (κ1) is 17.3. The van der Waals surface area contributed by atoms with Gasteiger partial charge in [0.2, 0.25) is 0 Å². The zero-order valence-corrected chi connectivity index (χ0v) is 15.5. The van der Waals surface area contributed by atoms with Gasteiger partial charge in [-0.15, -0.1) is 0 Å². The van der Waals surface area contributed by atoms with Gasteiger partial charge in [-0.3, -0.25) is 4.79 Å². The molecule has 1 atom stereocenters. The number of anilines is 1. The summed E-state index contributed by atoms with van der Waals surface area (Å²) < 4.78 is 1.61. The van der Waals surface area contributed by atoms with Crippen LogP contribution in [-0.4, -0.2) is 23.1 Å². The number of nitrogens with zero attached hydrogens (tertiary/aromatic N) is 2. The van der Waals surface area contributed by atoms with Gasteiger partial charge in [0.05, 0.1) is 0 Å². The maximum Gasteiger partial charge on any atom is 0.255 e. The Morgan fingerprint density at radius 3 is 2.56 bits per heavy atom. The lowest BCUT2D eigenvalue weighted by molar-refractivity contribution is 0.381. The van der Waals surface area contributed by atoms with Gasteiger partial charge in [-0.1, -0.05) is 31.2 Å². The summed E-state index contributed by atoms with van der Waals surface area (Å²) in [7, 11) is 3.88. The van der Waals surface area contributed by atoms with Gasteiger partial charge in [0, 0.05) is 55.9 Å². The quantitative estimate of drug-likeness (QED) is 0.926. The first-order valence-corrected chi connectivity index (χ1v) is 8.91. The number of allylic oxidation sites excluding steroid dienone is 1. The zero-order chi connectivity index (χ0) is 18.0. The number of likely N-dealkylation sites (N-methyl/N-ethyl adjacent to an activating group) is 1. The van der Waals surface area contributed by atoms with Crippen molar-refractivity contribution >= 4 is 5.69 Å². The fraction of sp³-hybridized carbons (Fsp3) is 0.381. The Morgan fingerprint density at radius 1 is 1.16 bits per heavy atom. The minimum absolute atomic E-state index is 0.0430. The van der Waals surface area contributed by atoms with E-state index in [2.05, 4.69) is 54.7 Å². The summed E-state index contributed by atoms with van der Waals surface area (Å²) in [4.78, 5) is 14.4. The van der Waals surface area contributed by atoms with Crippen molar-refractivity contribution in [2.75, 3.05) is 18.9 Å². The number of pyridine rings is 1. The van der Waals surface area contributed by atoms with Crippen molar-refractivity contribution in [3.05, 3.63) is 75.5 Å². The second kappa shape index (κ2) is 7.18. The van der Waals surface area contributed by atoms with Crippen LogP contribution >= 0.6 is 0 Å². The van der Waals surface area contributed by atoms with Gasteiger partial charge in [0.15, 0.2) is 0 Å². The monoisotopic (exact) mass is 337 g/mol. The van der Waals surface area contributed by atoms with E-state index in [9.17, 15) is 4.79 Å². The lowest BCUT2D eigenvalue weighted by Crippen LogP contribution is -2.28. The molecule has 2 aromatic rings. The van der Waals surface area contributed by atoms with Gasteiger partial charge in [-0.05, 0) is 37.0 Å². The highest BCUT2D eigenvalue weighted by molar-refractivity contribution is 5.53. The normalized spacial score (nSPS) is 17.4. The summed E-state index contributed by atoms with van der Waals surface area (Å²) in [5.74, 6) is 0.454. The van der Waals surface area contributed by atoms with Gasteiger partial charge in [-0.25, -0.2) is 0 Å². The van der Waals surface area contributed by atoms with E-state index >= 15 is 0 Å². The Hall–Kier alpha value is -2.49. The predicted molar refractivity (Wildman–Crippen MR) is 104 cm³/mol. The number of rotatable bonds is 4. The van der Waals surface area contributed by atoms with Crippen molar-refractivity contribution in [2.24, 2.45) is 7.05 Å². The maximum absolute atomic E-state index is 12.1. The van der Waals surface area contributed by atoms with Crippen LogP contribution in [0.25, 0.3) is 0 Å². The van der Waals surface area contributed by atoms with E-state index in [4.69, 9.17) is 0 Å². The van der Waals surface area contributed by atoms with E-state index in [0.717, 1.165) is 36.3 Å². The number of hydrogen-bond donors (Lipinski definition) is 1. The highest BCUT2D eigenvalue weighted by atomic mass is 16.1. The van der Waals surface area contributed by atoms with Crippen molar-refractivity contribution in [1.29, 1.82) is 0 Å². The second-order valence-electron chi connectivity index (χ2n) is 6.99. The molecule has 132 valence electrons. The van der Waals surface area contributed by atoms with Crippen LogP contribution in [0.5, 0.6) is 0 Å². The number of nitrogens with one attached hydrogen (secondary N) is 1. The van der Waals surface area contributed by atoms with Crippen LogP contribution in [0, 0.1) is 6.92 Å². The van der Waals surface area contributed by atoms with Crippen molar-refractivity contribution in [1.82, 2.24) is 9.47 Å². The van der Waals surface area contributed by atoms with Gasteiger partial charge < -0.3 is 14.8 Å². The molecule has 0 aliphatic carbocycles. The third-order valence-corrected chi connectivity index (χ3v) is 5.02. The minimum atomic E-state index is 0.0430. The third kappa shape index (κ3) is 3.78. The molecule has 3 rings (SSSR count). The van der Waals surface area contributed by atoms with Crippen molar-refractivity contribution < 1.29 is 0 Å². The van der Waals surface area contributed by atoms with Gasteiger partial charge in [0.25, 0.3) is 5.56 Å². The SMILES string of the molecule is CCc1ccc([C@H]2CC(Nc3ccn(C)c(=O)c3C)=CN(C)C2)cc1. The highest BCUT2D eigenvalue weighted by Crippen LogP contribution is 2.30. The molecule has 1 aliphatic rings. The van der Waals surface area contributed by atoms with Crippen molar-refractivity contribution in [3.8, 4) is 0 Å². The Morgan fingerprint density at radius 2 is 1.88 bits per heavy atom. The van der Waals surface area contributed by atoms with E-state index in [1.165, 1.54) is 11.1 Å². The molecule has 1 aromatic carbocycles. The molecule has 0 bridgehead atoms. The second-order valence-corrected chi connectivity index (χ2v) is 6.99. The summed E-state index contributed by atoms with van der Waals surface area (Å²) in [6.07, 6.45) is 5.98. The fourth-order valence-electron chi connectivity index (χ4n) is 3.45. The molecule has 0 unspecified atom stereocenters. The van der Waals surface area contributed by atoms with Crippen LogP contribution in [-0.2, 0) is 13.5 Å². The Kier molecular flexibility index (Phi) is 4.98. The van der Waals surface area contributed by atoms with Crippen molar-refractivity contribution in [2.45, 2.75) is 32.6 Å². The summed E-state index contributed by atoms with van der Waals surface area (Å²) >= 11 is 0. The molecule has 0 fully saturated rings. The van der Waals surface area contributed by atoms with Gasteiger partial charge >= 0.3 is 0 Å². The summed E-state index contributed by atoms with van der Waals surface area (Å²) in [6.45, 7) is 5.06. The number of hydrogen-bond acceptors (Lipinski definition) is 3. The molecule has 1 aromatic heterocycles. The molecule has 1 N–H and O–H groups in total. The van der Waals surface area contributed by atoms with E-state index < -0.39 is 0 Å². The Labute approximate surface area is 149 Å². The van der Waals surface area contributed by atoms with Gasteiger partial charge in [-0.2, -0.15) is 0 Å². The van der Waals surface area contributed by atoms with Crippen LogP contribution in [0.1, 0.15) is 36.0 Å². The van der Waals surface area contributed by atoms with E-state index in [0.29, 0.717) is 5.92 Å². The minimum Gasteiger partial charge on any atom is -0.378 e. The lowest BCUT2D eigenvalue weighted by atomic mass is 9.91. The average molecular weight is 337 g/mol. The molecule has 0 amide bonds. The van der Waals surface area contributed by atoms with Crippen LogP contribution in [0.2, 0.25) is 0 Å². The van der Waals surface area contributed by atoms with Crippen LogP contribution in [0.4, 0.5) is 5.69 Å². The Bertz CT molecular complexity index is 833. The maximum atomic E-state index is 12.1. The molecule has 25 heavy (non-hydrogen) atoms. The molecule has 4 nitrogen and oxygen atoms in total. The molecular weight excluding hydrogens is 310 g/mol. The first-order valence-electron chi connectivity index (χ1n) is 8.91. The number of aromatic nitrogens is 1. The summed E-state index contributed by atoms with van der Waals surface area (Å²) in [6, 6.07) is 10.9. The smallest absolute Gasteiger partial charge is 0.255 e. The molecule has 1 aliphatic heterocycles. The van der Waals surface area contributed by atoms with Crippen molar-refractivity contribution in [3.63, 3.8) is 0 Å². The fourth-order valence-corrected chi connectivity index (χ4v) is 3.45. The molecule has 2 heterocycles. The number of benzene rings is 1. The topological polar surface area (TPSA) is 37.3 Å². The zero-order valence-electron chi connectivity index (χ0n) is 15.5. The standard InChI is InChI=1S/C21H27N3O/c1-5-16-6-8-17(9-7-16)18-12-19(14-23(3)13-18)22-20-10-11-24(4)21(25)15(20)2/h6-11,14,18,22H,5,12-13H2,1-4H3/t18-/m0/s1. The summed E-state index contributed by atoms with van der Waals surface area (Å²) in [5, 5.41) is 3.48. The average Bonchev–Trinajstić information content (AvgIpc) is 2.62. The molecule has 0 spiro atoms. The van der Waals surface area contributed by atoms with Crippen LogP contribution in [0.3, 0.4) is 0 Å². The third-order valence-electron chi connectivity index (χ3n) is 5.02. The first-order chi connectivity index (χ1) is 12.0.